The van der Waals surface area contributed by atoms with Gasteiger partial charge in [-0.3, -0.25) is 20.0 Å². The van der Waals surface area contributed by atoms with E-state index in [1.807, 2.05) is 14.0 Å². The van der Waals surface area contributed by atoms with Crippen LogP contribution in [0.15, 0.2) is 0 Å². The summed E-state index contributed by atoms with van der Waals surface area (Å²) in [7, 11) is 1.98. The van der Waals surface area contributed by atoms with E-state index in [0.717, 1.165) is 13.1 Å². The summed E-state index contributed by atoms with van der Waals surface area (Å²) in [6.07, 6.45) is 2.50. The molecule has 1 heterocycles. The minimum atomic E-state index is -0.163. The molecule has 0 bridgehead atoms. The third kappa shape index (κ3) is 3.17. The second-order valence-corrected chi connectivity index (χ2v) is 4.55. The van der Waals surface area contributed by atoms with Gasteiger partial charge in [-0.05, 0) is 39.9 Å². The lowest BCUT2D eigenvalue weighted by molar-refractivity contribution is -0.125. The van der Waals surface area contributed by atoms with Crippen molar-refractivity contribution in [2.24, 2.45) is 5.84 Å². The Morgan fingerprint density at radius 3 is 2.94 bits per heavy atom. The number of likely N-dealkylation sites (tertiary alicyclic amines) is 1. The van der Waals surface area contributed by atoms with E-state index < -0.39 is 0 Å². The van der Waals surface area contributed by atoms with Crippen LogP contribution < -0.4 is 11.3 Å². The zero-order chi connectivity index (χ0) is 12.1. The molecule has 5 heteroatoms. The molecule has 0 spiro atoms. The molecule has 2 unspecified atom stereocenters. The van der Waals surface area contributed by atoms with Crippen molar-refractivity contribution in [3.05, 3.63) is 0 Å². The van der Waals surface area contributed by atoms with E-state index in [1.54, 1.807) is 0 Å². The maximum absolute atomic E-state index is 11.4. The number of nitrogens with two attached hydrogens (primary N) is 1. The molecule has 0 aliphatic carbocycles. The predicted molar refractivity (Wildman–Crippen MR) is 64.7 cm³/mol. The van der Waals surface area contributed by atoms with E-state index >= 15 is 0 Å². The highest BCUT2D eigenvalue weighted by atomic mass is 16.2. The summed E-state index contributed by atoms with van der Waals surface area (Å²) in [6, 6.07) is 0.423. The first-order chi connectivity index (χ1) is 7.60. The third-order valence-electron chi connectivity index (χ3n) is 3.59. The first kappa shape index (κ1) is 13.4. The number of likely N-dealkylation sites (N-methyl/N-ethyl adjacent to an activating group) is 2. The highest BCUT2D eigenvalue weighted by Crippen LogP contribution is 2.17. The molecule has 0 aromatic heterocycles. The monoisotopic (exact) mass is 228 g/mol. The second-order valence-electron chi connectivity index (χ2n) is 4.55. The van der Waals surface area contributed by atoms with Crippen molar-refractivity contribution in [2.45, 2.75) is 38.8 Å². The number of nitrogens with one attached hydrogen (secondary N) is 1. The topological polar surface area (TPSA) is 61.6 Å². The molecule has 1 amide bonds. The molecule has 0 radical (unpaired) electrons. The number of rotatable bonds is 5. The van der Waals surface area contributed by atoms with Crippen LogP contribution in [0, 0.1) is 0 Å². The van der Waals surface area contributed by atoms with Crippen molar-refractivity contribution < 1.29 is 4.79 Å². The maximum atomic E-state index is 11.4. The average molecular weight is 228 g/mol. The van der Waals surface area contributed by atoms with Crippen LogP contribution in [-0.2, 0) is 4.79 Å². The molecule has 3 N–H and O–H groups in total. The molecule has 16 heavy (non-hydrogen) atoms. The van der Waals surface area contributed by atoms with Crippen LogP contribution in [0.4, 0.5) is 0 Å². The quantitative estimate of drug-likeness (QED) is 0.388. The van der Waals surface area contributed by atoms with E-state index in [9.17, 15) is 4.79 Å². The Balaban J connectivity index is 2.44. The minimum absolute atomic E-state index is 0.122. The minimum Gasteiger partial charge on any atom is -0.299 e. The summed E-state index contributed by atoms with van der Waals surface area (Å²) < 4.78 is 0. The van der Waals surface area contributed by atoms with Crippen LogP contribution in [0.5, 0.6) is 0 Å². The average Bonchev–Trinajstić information content (AvgIpc) is 2.74. The van der Waals surface area contributed by atoms with Crippen LogP contribution in [0.2, 0.25) is 0 Å². The molecule has 5 nitrogen and oxygen atoms in total. The molecule has 94 valence electrons. The third-order valence-corrected chi connectivity index (χ3v) is 3.59. The molecular weight excluding hydrogens is 204 g/mol. The molecule has 1 aliphatic rings. The van der Waals surface area contributed by atoms with Crippen molar-refractivity contribution in [2.75, 3.05) is 26.7 Å². The van der Waals surface area contributed by atoms with Gasteiger partial charge < -0.3 is 0 Å². The van der Waals surface area contributed by atoms with Gasteiger partial charge in [0.1, 0.15) is 0 Å². The zero-order valence-corrected chi connectivity index (χ0v) is 10.6. The fraction of sp³-hybridized carbons (Fsp3) is 0.909. The van der Waals surface area contributed by atoms with Crippen molar-refractivity contribution >= 4 is 5.91 Å². The summed E-state index contributed by atoms with van der Waals surface area (Å²) in [5.74, 6) is 5.01. The largest absolute Gasteiger partial charge is 0.299 e. The van der Waals surface area contributed by atoms with Crippen LogP contribution in [-0.4, -0.2) is 54.5 Å². The fourth-order valence-electron chi connectivity index (χ4n) is 2.33. The summed E-state index contributed by atoms with van der Waals surface area (Å²) in [4.78, 5) is 15.9. The molecule has 1 rings (SSSR count). The van der Waals surface area contributed by atoms with Gasteiger partial charge in [0.2, 0.25) is 0 Å². The van der Waals surface area contributed by atoms with E-state index in [0.29, 0.717) is 6.04 Å². The summed E-state index contributed by atoms with van der Waals surface area (Å²) in [5.41, 5.74) is 2.20. The predicted octanol–water partition coefficient (Wildman–Crippen LogP) is -0.219. The smallest absolute Gasteiger partial charge is 0.250 e. The summed E-state index contributed by atoms with van der Waals surface area (Å²) >= 11 is 0. The first-order valence-electron chi connectivity index (χ1n) is 6.04. The van der Waals surface area contributed by atoms with Crippen molar-refractivity contribution in [3.8, 4) is 0 Å². The Bertz CT molecular complexity index is 234. The number of carbonyl (C=O) groups excluding carboxylic acids is 1. The van der Waals surface area contributed by atoms with Gasteiger partial charge >= 0.3 is 0 Å². The van der Waals surface area contributed by atoms with Crippen LogP contribution in [0.1, 0.15) is 26.7 Å². The van der Waals surface area contributed by atoms with Gasteiger partial charge in [-0.15, -0.1) is 0 Å². The van der Waals surface area contributed by atoms with Crippen LogP contribution in [0.25, 0.3) is 0 Å². The number of hydrazine groups is 1. The van der Waals surface area contributed by atoms with Crippen molar-refractivity contribution in [3.63, 3.8) is 0 Å². The highest BCUT2D eigenvalue weighted by molar-refractivity contribution is 5.80. The summed E-state index contributed by atoms with van der Waals surface area (Å²) in [6.45, 7) is 7.28. The van der Waals surface area contributed by atoms with Gasteiger partial charge in [0, 0.05) is 12.6 Å². The molecule has 0 saturated carbocycles. The normalized spacial score (nSPS) is 23.7. The standard InChI is InChI=1S/C11H24N4O/c1-4-15-7-5-6-10(15)8-14(3)9(2)11(16)13-12/h9-10H,4-8,12H2,1-3H3,(H,13,16). The van der Waals surface area contributed by atoms with Crippen LogP contribution >= 0.6 is 0 Å². The Morgan fingerprint density at radius 1 is 1.69 bits per heavy atom. The van der Waals surface area contributed by atoms with Gasteiger partial charge in [0.05, 0.1) is 6.04 Å². The van der Waals surface area contributed by atoms with Crippen molar-refractivity contribution in [1.29, 1.82) is 0 Å². The SMILES string of the molecule is CCN1CCCC1CN(C)C(C)C(=O)NN. The lowest BCUT2D eigenvalue weighted by atomic mass is 10.2. The van der Waals surface area contributed by atoms with Gasteiger partial charge in [-0.25, -0.2) is 5.84 Å². The Kier molecular flexibility index (Phi) is 5.18. The molecule has 0 aromatic carbocycles. The lowest BCUT2D eigenvalue weighted by Gasteiger charge is -2.30. The van der Waals surface area contributed by atoms with E-state index in [2.05, 4.69) is 22.1 Å². The first-order valence-corrected chi connectivity index (χ1v) is 6.04. The molecule has 0 aromatic rings. The van der Waals surface area contributed by atoms with E-state index in [4.69, 9.17) is 5.84 Å². The molecular formula is C11H24N4O. The Hall–Kier alpha value is -0.650. The van der Waals surface area contributed by atoms with E-state index in [-0.39, 0.29) is 11.9 Å². The number of hydrogen-bond donors (Lipinski definition) is 2. The molecule has 1 aliphatic heterocycles. The number of hydrogen-bond acceptors (Lipinski definition) is 4. The van der Waals surface area contributed by atoms with Crippen LogP contribution in [0.3, 0.4) is 0 Å². The fourth-order valence-corrected chi connectivity index (χ4v) is 2.33. The van der Waals surface area contributed by atoms with Gasteiger partial charge in [-0.2, -0.15) is 0 Å². The summed E-state index contributed by atoms with van der Waals surface area (Å²) in [5, 5.41) is 0. The van der Waals surface area contributed by atoms with Gasteiger partial charge in [-0.1, -0.05) is 6.92 Å². The molecule has 1 saturated heterocycles. The van der Waals surface area contributed by atoms with Gasteiger partial charge in [0.25, 0.3) is 5.91 Å². The maximum Gasteiger partial charge on any atom is 0.250 e. The molecule has 1 fully saturated rings. The molecule has 2 atom stereocenters. The second kappa shape index (κ2) is 6.18. The number of nitrogens with zero attached hydrogens (tertiary/aromatic N) is 2. The van der Waals surface area contributed by atoms with E-state index in [1.165, 1.54) is 19.4 Å². The number of carbonyl (C=O) groups is 1. The lowest BCUT2D eigenvalue weighted by Crippen LogP contribution is -2.49. The number of amides is 1. The zero-order valence-electron chi connectivity index (χ0n) is 10.6. The van der Waals surface area contributed by atoms with Crippen molar-refractivity contribution in [1.82, 2.24) is 15.2 Å². The highest BCUT2D eigenvalue weighted by Gasteiger charge is 2.26. The Morgan fingerprint density at radius 2 is 2.38 bits per heavy atom. The van der Waals surface area contributed by atoms with Gasteiger partial charge in [0.15, 0.2) is 0 Å². The Labute approximate surface area is 97.9 Å².